The van der Waals surface area contributed by atoms with Gasteiger partial charge in [-0.05, 0) is 25.6 Å². The Morgan fingerprint density at radius 1 is 1.45 bits per heavy atom. The van der Waals surface area contributed by atoms with Crippen LogP contribution in [-0.4, -0.2) is 55.9 Å². The molecule has 2 heterocycles. The number of likely N-dealkylation sites (tertiary alicyclic amines) is 1. The maximum absolute atomic E-state index is 12.2. The number of aliphatic hydroxyl groups excluding tert-OH is 1. The molecule has 3 rings (SSSR count). The number of benzene rings is 1. The van der Waals surface area contributed by atoms with Crippen molar-refractivity contribution in [3.05, 3.63) is 30.0 Å². The second-order valence-electron chi connectivity index (χ2n) is 5.72. The van der Waals surface area contributed by atoms with Crippen LogP contribution in [0.1, 0.15) is 12.1 Å². The Balaban J connectivity index is 1.66. The highest BCUT2D eigenvalue weighted by Gasteiger charge is 2.29. The first-order valence-electron chi connectivity index (χ1n) is 7.13. The van der Waals surface area contributed by atoms with Crippen LogP contribution in [0.25, 0.3) is 11.0 Å². The van der Waals surface area contributed by atoms with Gasteiger partial charge in [0.2, 0.25) is 10.0 Å². The van der Waals surface area contributed by atoms with Crippen LogP contribution >= 0.6 is 0 Å². The molecule has 8 heteroatoms. The lowest BCUT2D eigenvalue weighted by Crippen LogP contribution is -2.38. The Hall–Kier alpha value is -1.48. The van der Waals surface area contributed by atoms with Crippen molar-refractivity contribution >= 4 is 21.0 Å². The topological polar surface area (TPSA) is 95.7 Å². The molecule has 22 heavy (non-hydrogen) atoms. The third-order valence-electron chi connectivity index (χ3n) is 3.98. The summed E-state index contributed by atoms with van der Waals surface area (Å²) in [6, 6.07) is 7.18. The summed E-state index contributed by atoms with van der Waals surface area (Å²) in [5.74, 6) is -0.219. The molecule has 2 N–H and O–H groups in total. The van der Waals surface area contributed by atoms with E-state index in [1.807, 2.05) is 24.1 Å². The van der Waals surface area contributed by atoms with Crippen LogP contribution in [0.15, 0.2) is 28.8 Å². The van der Waals surface area contributed by atoms with E-state index in [1.54, 1.807) is 12.1 Å². The highest BCUT2D eigenvalue weighted by Crippen LogP contribution is 2.20. The van der Waals surface area contributed by atoms with Crippen molar-refractivity contribution in [1.29, 1.82) is 0 Å². The van der Waals surface area contributed by atoms with Gasteiger partial charge in [-0.3, -0.25) is 4.90 Å². The lowest BCUT2D eigenvalue weighted by molar-refractivity contribution is 0.182. The van der Waals surface area contributed by atoms with E-state index in [9.17, 15) is 13.5 Å². The molecule has 0 saturated carbocycles. The average Bonchev–Trinajstić information content (AvgIpc) is 3.00. The molecule has 2 atom stereocenters. The molecular weight excluding hydrogens is 306 g/mol. The van der Waals surface area contributed by atoms with Gasteiger partial charge in [0.15, 0.2) is 5.58 Å². The largest absolute Gasteiger partial charge is 0.392 e. The number of sulfonamides is 1. The Kier molecular flexibility index (Phi) is 4.18. The molecule has 0 amide bonds. The van der Waals surface area contributed by atoms with Crippen molar-refractivity contribution in [2.75, 3.05) is 20.1 Å². The van der Waals surface area contributed by atoms with Crippen molar-refractivity contribution in [2.45, 2.75) is 24.3 Å². The van der Waals surface area contributed by atoms with Gasteiger partial charge in [-0.1, -0.05) is 17.3 Å². The number of aromatic nitrogens is 1. The smallest absolute Gasteiger partial charge is 0.217 e. The van der Waals surface area contributed by atoms with Gasteiger partial charge < -0.3 is 9.63 Å². The standard InChI is InChI=1S/C14H19N3O4S/c1-17-8-11(18)6-10(17)7-15-22(19,20)9-13-12-4-2-3-5-14(12)21-16-13/h2-5,10-11,15,18H,6-9H2,1H3/t10-,11+/m0/s1. The van der Waals surface area contributed by atoms with Gasteiger partial charge in [-0.15, -0.1) is 0 Å². The second kappa shape index (κ2) is 5.96. The zero-order valence-electron chi connectivity index (χ0n) is 12.3. The normalized spacial score (nSPS) is 23.4. The fourth-order valence-corrected chi connectivity index (χ4v) is 3.90. The molecule has 7 nitrogen and oxygen atoms in total. The van der Waals surface area contributed by atoms with Gasteiger partial charge in [0.05, 0.1) is 6.10 Å². The van der Waals surface area contributed by atoms with Gasteiger partial charge >= 0.3 is 0 Å². The number of rotatable bonds is 5. The zero-order valence-corrected chi connectivity index (χ0v) is 13.1. The van der Waals surface area contributed by atoms with Crippen LogP contribution in [0, 0.1) is 0 Å². The molecule has 1 aromatic carbocycles. The molecular formula is C14H19N3O4S. The summed E-state index contributed by atoms with van der Waals surface area (Å²) in [7, 11) is -1.63. The fraction of sp³-hybridized carbons (Fsp3) is 0.500. The van der Waals surface area contributed by atoms with Crippen LogP contribution in [0.3, 0.4) is 0 Å². The number of para-hydroxylation sites is 1. The van der Waals surface area contributed by atoms with Gasteiger partial charge in [-0.25, -0.2) is 13.1 Å². The summed E-state index contributed by atoms with van der Waals surface area (Å²) in [4.78, 5) is 1.96. The minimum Gasteiger partial charge on any atom is -0.392 e. The van der Waals surface area contributed by atoms with Crippen LogP contribution in [-0.2, 0) is 15.8 Å². The summed E-state index contributed by atoms with van der Waals surface area (Å²) in [5, 5.41) is 14.1. The molecule has 1 fully saturated rings. The first-order valence-corrected chi connectivity index (χ1v) is 8.79. The molecule has 1 aliphatic rings. The summed E-state index contributed by atoms with van der Waals surface area (Å²) in [5.41, 5.74) is 0.981. The third kappa shape index (κ3) is 3.30. The third-order valence-corrected chi connectivity index (χ3v) is 5.24. The molecule has 2 aromatic rings. The molecule has 120 valence electrons. The molecule has 1 saturated heterocycles. The van der Waals surface area contributed by atoms with Gasteiger partial charge in [0, 0.05) is 24.5 Å². The van der Waals surface area contributed by atoms with E-state index < -0.39 is 10.0 Å². The Labute approximate surface area is 128 Å². The monoisotopic (exact) mass is 325 g/mol. The molecule has 1 aliphatic heterocycles. The molecule has 1 aromatic heterocycles. The number of likely N-dealkylation sites (N-methyl/N-ethyl adjacent to an activating group) is 1. The van der Waals surface area contributed by atoms with E-state index in [2.05, 4.69) is 9.88 Å². The number of hydrogen-bond donors (Lipinski definition) is 2. The van der Waals surface area contributed by atoms with Crippen LogP contribution in [0.4, 0.5) is 0 Å². The number of aliphatic hydroxyl groups is 1. The number of β-amino-alcohol motifs (C(OH)–C–C–N with tert-alkyl or cyclic N) is 1. The summed E-state index contributed by atoms with van der Waals surface area (Å²) in [6.45, 7) is 0.853. The van der Waals surface area contributed by atoms with Gasteiger partial charge in [0.1, 0.15) is 11.4 Å². The van der Waals surface area contributed by atoms with Crippen LogP contribution in [0.2, 0.25) is 0 Å². The van der Waals surface area contributed by atoms with Crippen molar-refractivity contribution in [3.8, 4) is 0 Å². The summed E-state index contributed by atoms with van der Waals surface area (Å²) < 4.78 is 32.1. The minimum absolute atomic E-state index is 0.0128. The fourth-order valence-electron chi connectivity index (χ4n) is 2.79. The Bertz CT molecular complexity index is 758. The van der Waals surface area contributed by atoms with E-state index in [0.717, 1.165) is 0 Å². The van der Waals surface area contributed by atoms with Crippen LogP contribution < -0.4 is 4.72 Å². The zero-order chi connectivity index (χ0) is 15.7. The maximum Gasteiger partial charge on any atom is 0.217 e. The quantitative estimate of drug-likeness (QED) is 0.821. The SMILES string of the molecule is CN1C[C@H](O)C[C@H]1CNS(=O)(=O)Cc1noc2ccccc12. The minimum atomic E-state index is -3.51. The van der Waals surface area contributed by atoms with Gasteiger partial charge in [-0.2, -0.15) is 0 Å². The highest BCUT2D eigenvalue weighted by molar-refractivity contribution is 7.88. The summed E-state index contributed by atoms with van der Waals surface area (Å²) in [6.07, 6.45) is 0.185. The number of fused-ring (bicyclic) bond motifs is 1. The molecule has 0 radical (unpaired) electrons. The van der Waals surface area contributed by atoms with E-state index >= 15 is 0 Å². The van der Waals surface area contributed by atoms with E-state index in [0.29, 0.717) is 29.6 Å². The first kappa shape index (κ1) is 15.4. The van der Waals surface area contributed by atoms with E-state index in [-0.39, 0.29) is 24.4 Å². The second-order valence-corrected chi connectivity index (χ2v) is 7.52. The lowest BCUT2D eigenvalue weighted by Gasteiger charge is -2.19. The lowest BCUT2D eigenvalue weighted by atomic mass is 10.2. The predicted octanol–water partition coefficient (Wildman–Crippen LogP) is 0.312. The van der Waals surface area contributed by atoms with Crippen LogP contribution in [0.5, 0.6) is 0 Å². The van der Waals surface area contributed by atoms with E-state index in [4.69, 9.17) is 4.52 Å². The van der Waals surface area contributed by atoms with Crippen molar-refractivity contribution in [1.82, 2.24) is 14.8 Å². The van der Waals surface area contributed by atoms with Crippen molar-refractivity contribution in [3.63, 3.8) is 0 Å². The number of nitrogens with one attached hydrogen (secondary N) is 1. The van der Waals surface area contributed by atoms with Crippen molar-refractivity contribution < 1.29 is 18.0 Å². The molecule has 0 aliphatic carbocycles. The van der Waals surface area contributed by atoms with Crippen molar-refractivity contribution in [2.24, 2.45) is 0 Å². The maximum atomic E-state index is 12.2. The van der Waals surface area contributed by atoms with Gasteiger partial charge in [0.25, 0.3) is 0 Å². The Morgan fingerprint density at radius 2 is 2.23 bits per heavy atom. The predicted molar refractivity (Wildman–Crippen MR) is 81.7 cm³/mol. The first-order chi connectivity index (χ1) is 10.4. The number of nitrogens with zero attached hydrogens (tertiary/aromatic N) is 2. The number of hydrogen-bond acceptors (Lipinski definition) is 6. The molecule has 0 bridgehead atoms. The highest BCUT2D eigenvalue weighted by atomic mass is 32.2. The Morgan fingerprint density at radius 3 is 2.95 bits per heavy atom. The molecule has 0 spiro atoms. The van der Waals surface area contributed by atoms with E-state index in [1.165, 1.54) is 0 Å². The average molecular weight is 325 g/mol. The summed E-state index contributed by atoms with van der Waals surface area (Å²) >= 11 is 0. The molecule has 0 unspecified atom stereocenters.